The van der Waals surface area contributed by atoms with Crippen LogP contribution in [0.25, 0.3) is 0 Å². The van der Waals surface area contributed by atoms with E-state index in [1.807, 2.05) is 0 Å². The first-order chi connectivity index (χ1) is 9.92. The summed E-state index contributed by atoms with van der Waals surface area (Å²) in [5.74, 6) is 0.331. The van der Waals surface area contributed by atoms with Gasteiger partial charge in [-0.2, -0.15) is 4.98 Å². The van der Waals surface area contributed by atoms with Gasteiger partial charge in [0, 0.05) is 11.1 Å². The zero-order chi connectivity index (χ0) is 15.6. The Labute approximate surface area is 125 Å². The minimum atomic E-state index is -0.600. The summed E-state index contributed by atoms with van der Waals surface area (Å²) in [4.78, 5) is 17.8. The summed E-state index contributed by atoms with van der Waals surface area (Å²) in [6.45, 7) is 1.80. The highest BCUT2D eigenvalue weighted by molar-refractivity contribution is 6.31. The summed E-state index contributed by atoms with van der Waals surface area (Å²) in [5, 5.41) is 14.3. The van der Waals surface area contributed by atoms with Gasteiger partial charge in [-0.3, -0.25) is 10.1 Å². The van der Waals surface area contributed by atoms with E-state index in [4.69, 9.17) is 22.1 Å². The van der Waals surface area contributed by atoms with E-state index < -0.39 is 4.92 Å². The molecule has 0 spiro atoms. The van der Waals surface area contributed by atoms with Crippen molar-refractivity contribution in [1.82, 2.24) is 9.97 Å². The third-order valence-corrected chi connectivity index (χ3v) is 3.13. The summed E-state index contributed by atoms with van der Waals surface area (Å²) < 4.78 is 5.19. The number of nitrogens with one attached hydrogen (secondary N) is 1. The Kier molecular flexibility index (Phi) is 4.08. The van der Waals surface area contributed by atoms with Crippen molar-refractivity contribution in [3.8, 4) is 5.75 Å². The Morgan fingerprint density at radius 2 is 2.19 bits per heavy atom. The Hall–Kier alpha value is -2.61. The number of nitro groups is 1. The Morgan fingerprint density at radius 3 is 2.81 bits per heavy atom. The van der Waals surface area contributed by atoms with Crippen molar-refractivity contribution < 1.29 is 9.66 Å². The van der Waals surface area contributed by atoms with Gasteiger partial charge in [-0.25, -0.2) is 4.98 Å². The molecule has 0 aliphatic carbocycles. The molecule has 2 aromatic rings. The van der Waals surface area contributed by atoms with Gasteiger partial charge in [0.15, 0.2) is 0 Å². The first kappa shape index (κ1) is 14.8. The molecule has 110 valence electrons. The lowest BCUT2D eigenvalue weighted by Crippen LogP contribution is -2.05. The molecule has 8 nitrogen and oxygen atoms in total. The van der Waals surface area contributed by atoms with Crippen LogP contribution in [0.4, 0.5) is 23.1 Å². The number of ether oxygens (including phenoxy) is 1. The smallest absolute Gasteiger partial charge is 0.329 e. The average Bonchev–Trinajstić information content (AvgIpc) is 2.42. The highest BCUT2D eigenvalue weighted by Gasteiger charge is 2.18. The number of nitrogens with zero attached hydrogens (tertiary/aromatic N) is 3. The summed E-state index contributed by atoms with van der Waals surface area (Å²) in [6, 6.07) is 3.30. The molecule has 0 radical (unpaired) electrons. The van der Waals surface area contributed by atoms with Crippen LogP contribution >= 0.6 is 11.6 Å². The highest BCUT2D eigenvalue weighted by Crippen LogP contribution is 2.34. The van der Waals surface area contributed by atoms with Gasteiger partial charge in [-0.1, -0.05) is 11.6 Å². The number of benzene rings is 1. The molecule has 0 saturated heterocycles. The first-order valence-electron chi connectivity index (χ1n) is 5.80. The Balaban J connectivity index is 2.49. The molecule has 1 heterocycles. The van der Waals surface area contributed by atoms with Gasteiger partial charge in [0.25, 0.3) is 0 Å². The molecule has 2 rings (SSSR count). The van der Waals surface area contributed by atoms with Crippen LogP contribution in [0.5, 0.6) is 5.75 Å². The lowest BCUT2D eigenvalue weighted by atomic mass is 10.2. The third kappa shape index (κ3) is 3.11. The van der Waals surface area contributed by atoms with E-state index >= 15 is 0 Å². The van der Waals surface area contributed by atoms with Crippen molar-refractivity contribution in [2.24, 2.45) is 0 Å². The Bertz CT molecular complexity index is 708. The molecule has 0 aliphatic rings. The maximum Gasteiger partial charge on any atom is 0.329 e. The molecule has 3 N–H and O–H groups in total. The molecule has 0 unspecified atom stereocenters. The van der Waals surface area contributed by atoms with Crippen molar-refractivity contribution in [2.45, 2.75) is 6.92 Å². The van der Waals surface area contributed by atoms with Crippen LogP contribution in [0.1, 0.15) is 5.56 Å². The van der Waals surface area contributed by atoms with E-state index in [1.54, 1.807) is 19.1 Å². The lowest BCUT2D eigenvalue weighted by Gasteiger charge is -2.12. The van der Waals surface area contributed by atoms with Gasteiger partial charge in [0.1, 0.15) is 11.9 Å². The normalized spacial score (nSPS) is 10.2. The second kappa shape index (κ2) is 5.80. The number of aryl methyl sites for hydroxylation is 1. The van der Waals surface area contributed by atoms with E-state index in [0.29, 0.717) is 16.5 Å². The average molecular weight is 310 g/mol. The summed E-state index contributed by atoms with van der Waals surface area (Å²) in [5.41, 5.74) is 6.44. The zero-order valence-corrected chi connectivity index (χ0v) is 12.0. The molecule has 0 aliphatic heterocycles. The number of rotatable bonds is 4. The number of hydrogen-bond donors (Lipinski definition) is 2. The summed E-state index contributed by atoms with van der Waals surface area (Å²) in [7, 11) is 1.47. The molecule has 0 atom stereocenters. The van der Waals surface area contributed by atoms with Crippen LogP contribution < -0.4 is 15.8 Å². The molecule has 0 bridgehead atoms. The lowest BCUT2D eigenvalue weighted by molar-refractivity contribution is -0.384. The molecule has 0 amide bonds. The van der Waals surface area contributed by atoms with Gasteiger partial charge in [0.2, 0.25) is 11.8 Å². The topological polar surface area (TPSA) is 116 Å². The summed E-state index contributed by atoms with van der Waals surface area (Å²) in [6.07, 6.45) is 1.04. The minimum Gasteiger partial charge on any atom is -0.495 e. The zero-order valence-electron chi connectivity index (χ0n) is 11.3. The van der Waals surface area contributed by atoms with E-state index in [9.17, 15) is 10.1 Å². The van der Waals surface area contributed by atoms with Crippen LogP contribution in [-0.4, -0.2) is 22.0 Å². The van der Waals surface area contributed by atoms with Crippen LogP contribution in [0.15, 0.2) is 18.3 Å². The second-order valence-corrected chi connectivity index (χ2v) is 4.55. The fourth-order valence-electron chi connectivity index (χ4n) is 1.67. The number of halogens is 1. The molecule has 9 heteroatoms. The van der Waals surface area contributed by atoms with Gasteiger partial charge in [-0.05, 0) is 18.6 Å². The van der Waals surface area contributed by atoms with Crippen LogP contribution in [0.3, 0.4) is 0 Å². The van der Waals surface area contributed by atoms with E-state index in [1.165, 1.54) is 7.11 Å². The number of aromatic nitrogens is 2. The Morgan fingerprint density at radius 1 is 1.48 bits per heavy atom. The van der Waals surface area contributed by atoms with E-state index in [2.05, 4.69) is 15.3 Å². The standard InChI is InChI=1S/C12H12ClN5O3/c1-6-3-8(10(21-2)4-7(6)13)16-11-9(18(19)20)5-15-12(14)17-11/h3-5H,1-2H3,(H3,14,15,16,17). The van der Waals surface area contributed by atoms with Gasteiger partial charge < -0.3 is 15.8 Å². The number of hydrogen-bond acceptors (Lipinski definition) is 7. The number of anilines is 3. The van der Waals surface area contributed by atoms with E-state index in [0.717, 1.165) is 11.8 Å². The molecule has 0 saturated carbocycles. The van der Waals surface area contributed by atoms with Gasteiger partial charge in [-0.15, -0.1) is 0 Å². The monoisotopic (exact) mass is 309 g/mol. The molecule has 1 aromatic carbocycles. The quantitative estimate of drug-likeness (QED) is 0.658. The van der Waals surface area contributed by atoms with Crippen LogP contribution in [0.2, 0.25) is 5.02 Å². The van der Waals surface area contributed by atoms with Crippen molar-refractivity contribution in [1.29, 1.82) is 0 Å². The van der Waals surface area contributed by atoms with Crippen molar-refractivity contribution in [2.75, 3.05) is 18.2 Å². The van der Waals surface area contributed by atoms with Gasteiger partial charge >= 0.3 is 5.69 Å². The molecule has 1 aromatic heterocycles. The molecular weight excluding hydrogens is 298 g/mol. The predicted molar refractivity (Wildman–Crippen MR) is 79.1 cm³/mol. The van der Waals surface area contributed by atoms with Crippen molar-refractivity contribution in [3.63, 3.8) is 0 Å². The first-order valence-corrected chi connectivity index (χ1v) is 6.18. The summed E-state index contributed by atoms with van der Waals surface area (Å²) >= 11 is 6.01. The maximum atomic E-state index is 11.0. The number of nitrogen functional groups attached to an aromatic ring is 1. The van der Waals surface area contributed by atoms with Crippen molar-refractivity contribution >= 4 is 34.7 Å². The molecule has 21 heavy (non-hydrogen) atoms. The largest absolute Gasteiger partial charge is 0.495 e. The number of methoxy groups -OCH3 is 1. The molecular formula is C12H12ClN5O3. The number of nitrogens with two attached hydrogens (primary N) is 1. The van der Waals surface area contributed by atoms with Crippen LogP contribution in [0, 0.1) is 17.0 Å². The SMILES string of the molecule is COc1cc(Cl)c(C)cc1Nc1nc(N)ncc1[N+](=O)[O-]. The minimum absolute atomic E-state index is 0.0208. The third-order valence-electron chi connectivity index (χ3n) is 2.72. The molecule has 0 fully saturated rings. The predicted octanol–water partition coefficient (Wildman–Crippen LogP) is 2.68. The van der Waals surface area contributed by atoms with Crippen LogP contribution in [-0.2, 0) is 0 Å². The van der Waals surface area contributed by atoms with E-state index in [-0.39, 0.29) is 17.5 Å². The van der Waals surface area contributed by atoms with Gasteiger partial charge in [0.05, 0.1) is 17.7 Å². The van der Waals surface area contributed by atoms with Crippen molar-refractivity contribution in [3.05, 3.63) is 39.0 Å². The second-order valence-electron chi connectivity index (χ2n) is 4.15. The highest BCUT2D eigenvalue weighted by atomic mass is 35.5. The fraction of sp³-hybridized carbons (Fsp3) is 0.167. The maximum absolute atomic E-state index is 11.0. The fourth-order valence-corrected chi connectivity index (χ4v) is 1.83.